The maximum Gasteiger partial charge on any atom is 0.314 e. The Labute approximate surface area is 97.9 Å². The van der Waals surface area contributed by atoms with Gasteiger partial charge >= 0.3 is 5.97 Å². The summed E-state index contributed by atoms with van der Waals surface area (Å²) < 4.78 is 13.9. The molecule has 3 nitrogen and oxygen atoms in total. The number of carboxylic acids is 1. The zero-order valence-corrected chi connectivity index (χ0v) is 9.24. The predicted octanol–water partition coefficient (Wildman–Crippen LogP) is 2.52. The minimum atomic E-state index is -1.05. The second-order valence-corrected chi connectivity index (χ2v) is 5.03. The third-order valence-electron chi connectivity index (χ3n) is 3.84. The van der Waals surface area contributed by atoms with Gasteiger partial charge in [-0.1, -0.05) is 12.1 Å². The summed E-state index contributed by atoms with van der Waals surface area (Å²) in [5.41, 5.74) is -0.299. The summed E-state index contributed by atoms with van der Waals surface area (Å²) in [7, 11) is 0. The fourth-order valence-electron chi connectivity index (χ4n) is 2.40. The van der Waals surface area contributed by atoms with E-state index >= 15 is 0 Å². The Morgan fingerprint density at radius 1 is 1.35 bits per heavy atom. The first-order valence-corrected chi connectivity index (χ1v) is 5.81. The normalized spacial score (nSPS) is 21.2. The molecule has 2 aliphatic rings. The van der Waals surface area contributed by atoms with Crippen LogP contribution in [0.15, 0.2) is 12.1 Å². The number of phenols is 1. The lowest BCUT2D eigenvalue weighted by Gasteiger charge is -2.14. The number of carbonyl (C=O) groups is 1. The van der Waals surface area contributed by atoms with Crippen molar-refractivity contribution in [1.29, 1.82) is 0 Å². The third-order valence-corrected chi connectivity index (χ3v) is 3.84. The van der Waals surface area contributed by atoms with E-state index in [9.17, 15) is 14.3 Å². The van der Waals surface area contributed by atoms with Crippen molar-refractivity contribution in [3.63, 3.8) is 0 Å². The molecule has 3 rings (SSSR count). The number of hydrogen-bond donors (Lipinski definition) is 2. The van der Waals surface area contributed by atoms with E-state index < -0.39 is 23.0 Å². The molecule has 0 unspecified atom stereocenters. The Bertz CT molecular complexity index is 502. The van der Waals surface area contributed by atoms with Crippen molar-refractivity contribution in [2.45, 2.75) is 37.0 Å². The average Bonchev–Trinajstić information content (AvgIpc) is 3.15. The molecule has 0 aromatic heterocycles. The van der Waals surface area contributed by atoms with Crippen LogP contribution in [0.5, 0.6) is 5.75 Å². The second kappa shape index (κ2) is 3.22. The molecular formula is C13H13FO3. The predicted molar refractivity (Wildman–Crippen MR) is 58.6 cm³/mol. The first-order valence-electron chi connectivity index (χ1n) is 5.81. The van der Waals surface area contributed by atoms with Crippen molar-refractivity contribution >= 4 is 5.97 Å². The molecule has 0 saturated heterocycles. The fraction of sp³-hybridized carbons (Fsp3) is 0.462. The highest BCUT2D eigenvalue weighted by Crippen LogP contribution is 2.53. The third kappa shape index (κ3) is 1.43. The van der Waals surface area contributed by atoms with Gasteiger partial charge in [-0.2, -0.15) is 0 Å². The summed E-state index contributed by atoms with van der Waals surface area (Å²) in [5.74, 6) is -1.87. The van der Waals surface area contributed by atoms with Crippen LogP contribution in [0.1, 0.15) is 42.7 Å². The number of hydrogen-bond acceptors (Lipinski definition) is 2. The van der Waals surface area contributed by atoms with E-state index in [1.807, 2.05) is 0 Å². The van der Waals surface area contributed by atoms with Crippen molar-refractivity contribution in [1.82, 2.24) is 0 Å². The summed E-state index contributed by atoms with van der Waals surface area (Å²) in [5, 5.41) is 19.0. The van der Waals surface area contributed by atoms with Crippen LogP contribution in [0, 0.1) is 5.82 Å². The van der Waals surface area contributed by atoms with Gasteiger partial charge in [-0.05, 0) is 37.2 Å². The summed E-state index contributed by atoms with van der Waals surface area (Å²) >= 11 is 0. The van der Waals surface area contributed by atoms with Gasteiger partial charge in [-0.25, -0.2) is 4.39 Å². The number of phenolic OH excluding ortho intramolecular Hbond substituents is 1. The number of aromatic hydroxyl groups is 1. The molecule has 2 fully saturated rings. The molecule has 4 heteroatoms. The summed E-state index contributed by atoms with van der Waals surface area (Å²) in [4.78, 5) is 11.1. The van der Waals surface area contributed by atoms with E-state index in [0.29, 0.717) is 18.4 Å². The number of benzene rings is 1. The van der Waals surface area contributed by atoms with Crippen LogP contribution in [0.4, 0.5) is 4.39 Å². The van der Waals surface area contributed by atoms with Crippen LogP contribution in [-0.2, 0) is 10.2 Å². The first kappa shape index (κ1) is 10.6. The van der Waals surface area contributed by atoms with Gasteiger partial charge in [-0.15, -0.1) is 0 Å². The van der Waals surface area contributed by atoms with Crippen molar-refractivity contribution < 1.29 is 19.4 Å². The summed E-state index contributed by atoms with van der Waals surface area (Å²) in [6.45, 7) is 0. The SMILES string of the molecule is O=C(O)C1(c2ccc(C3CC3)c(F)c2O)CC1. The highest BCUT2D eigenvalue weighted by molar-refractivity contribution is 5.86. The lowest BCUT2D eigenvalue weighted by Crippen LogP contribution is -2.20. The van der Waals surface area contributed by atoms with Gasteiger partial charge in [-0.3, -0.25) is 4.79 Å². The molecule has 0 amide bonds. The average molecular weight is 236 g/mol. The lowest BCUT2D eigenvalue weighted by atomic mass is 9.93. The molecule has 0 radical (unpaired) electrons. The Morgan fingerprint density at radius 3 is 2.47 bits per heavy atom. The Morgan fingerprint density at radius 2 is 2.00 bits per heavy atom. The van der Waals surface area contributed by atoms with E-state index in [2.05, 4.69) is 0 Å². The molecule has 2 saturated carbocycles. The van der Waals surface area contributed by atoms with Crippen LogP contribution >= 0.6 is 0 Å². The lowest BCUT2D eigenvalue weighted by molar-refractivity contribution is -0.140. The maximum atomic E-state index is 13.9. The smallest absolute Gasteiger partial charge is 0.314 e. The summed E-state index contributed by atoms with van der Waals surface area (Å²) in [6.07, 6.45) is 2.83. The van der Waals surface area contributed by atoms with Gasteiger partial charge in [0.15, 0.2) is 11.6 Å². The van der Waals surface area contributed by atoms with E-state index in [4.69, 9.17) is 5.11 Å². The van der Waals surface area contributed by atoms with Crippen LogP contribution in [0.25, 0.3) is 0 Å². The van der Waals surface area contributed by atoms with Crippen LogP contribution in [0.3, 0.4) is 0 Å². The molecule has 1 aromatic rings. The van der Waals surface area contributed by atoms with Gasteiger partial charge in [0.05, 0.1) is 5.41 Å². The van der Waals surface area contributed by atoms with Crippen LogP contribution in [-0.4, -0.2) is 16.2 Å². The number of rotatable bonds is 3. The molecule has 17 heavy (non-hydrogen) atoms. The Balaban J connectivity index is 2.07. The van der Waals surface area contributed by atoms with Crippen molar-refractivity contribution in [3.8, 4) is 5.75 Å². The van der Waals surface area contributed by atoms with Gasteiger partial charge in [0.1, 0.15) is 0 Å². The highest BCUT2D eigenvalue weighted by atomic mass is 19.1. The molecule has 2 N–H and O–H groups in total. The monoisotopic (exact) mass is 236 g/mol. The van der Waals surface area contributed by atoms with Gasteiger partial charge in [0, 0.05) is 5.56 Å². The fourth-order valence-corrected chi connectivity index (χ4v) is 2.40. The molecule has 90 valence electrons. The molecule has 0 atom stereocenters. The second-order valence-electron chi connectivity index (χ2n) is 5.03. The standard InChI is InChI=1S/C13H13FO3/c14-10-8(7-1-2-7)3-4-9(11(10)15)13(5-6-13)12(16)17/h3-4,7,15H,1-2,5-6H2,(H,16,17). The zero-order valence-electron chi connectivity index (χ0n) is 9.24. The van der Waals surface area contributed by atoms with Gasteiger partial charge in [0.25, 0.3) is 0 Å². The van der Waals surface area contributed by atoms with Crippen molar-refractivity contribution in [2.24, 2.45) is 0 Å². The maximum absolute atomic E-state index is 13.9. The quantitative estimate of drug-likeness (QED) is 0.847. The van der Waals surface area contributed by atoms with E-state index in [-0.39, 0.29) is 11.5 Å². The van der Waals surface area contributed by atoms with Gasteiger partial charge in [0.2, 0.25) is 0 Å². The molecule has 1 aromatic carbocycles. The number of halogens is 1. The molecule has 2 aliphatic carbocycles. The van der Waals surface area contributed by atoms with Crippen molar-refractivity contribution in [2.75, 3.05) is 0 Å². The molecule has 0 bridgehead atoms. The number of carboxylic acid groups (broad SMARTS) is 1. The van der Waals surface area contributed by atoms with E-state index in [0.717, 1.165) is 12.8 Å². The van der Waals surface area contributed by atoms with Crippen molar-refractivity contribution in [3.05, 3.63) is 29.1 Å². The summed E-state index contributed by atoms with van der Waals surface area (Å²) in [6, 6.07) is 3.21. The topological polar surface area (TPSA) is 57.5 Å². The Hall–Kier alpha value is -1.58. The molecular weight excluding hydrogens is 223 g/mol. The highest BCUT2D eigenvalue weighted by Gasteiger charge is 2.53. The molecule has 0 heterocycles. The largest absolute Gasteiger partial charge is 0.505 e. The number of aliphatic carboxylic acids is 1. The van der Waals surface area contributed by atoms with E-state index in [1.54, 1.807) is 12.1 Å². The van der Waals surface area contributed by atoms with Gasteiger partial charge < -0.3 is 10.2 Å². The minimum absolute atomic E-state index is 0.204. The van der Waals surface area contributed by atoms with E-state index in [1.165, 1.54) is 0 Å². The Kier molecular flexibility index (Phi) is 2.00. The first-order chi connectivity index (χ1) is 8.06. The zero-order chi connectivity index (χ0) is 12.2. The van der Waals surface area contributed by atoms with Crippen LogP contribution in [0.2, 0.25) is 0 Å². The minimum Gasteiger partial charge on any atom is -0.505 e. The molecule has 0 aliphatic heterocycles. The molecule has 0 spiro atoms. The van der Waals surface area contributed by atoms with Crippen LogP contribution < -0.4 is 0 Å².